The molecule has 0 fully saturated rings. The summed E-state index contributed by atoms with van der Waals surface area (Å²) in [5, 5.41) is 0. The lowest BCUT2D eigenvalue weighted by atomic mass is 10.0. The van der Waals surface area contributed by atoms with E-state index in [0.29, 0.717) is 12.2 Å². The molecule has 0 aliphatic carbocycles. The summed E-state index contributed by atoms with van der Waals surface area (Å²) >= 11 is 0. The highest BCUT2D eigenvalue weighted by Gasteiger charge is 2.09. The average molecular weight is 175 g/mol. The normalized spacial score (nSPS) is 13.5. The molecule has 0 spiro atoms. The molecular formula is C10H9NO2. The van der Waals surface area contributed by atoms with Gasteiger partial charge in [0.15, 0.2) is 0 Å². The third kappa shape index (κ3) is 1.45. The minimum atomic E-state index is 0.443. The molecule has 66 valence electrons. The fraction of sp³-hybridized carbons (Fsp3) is 0.200. The minimum absolute atomic E-state index is 0.443. The first kappa shape index (κ1) is 7.98. The van der Waals surface area contributed by atoms with Crippen LogP contribution in [-0.4, -0.2) is 19.2 Å². The average Bonchev–Trinajstić information content (AvgIpc) is 2.19. The van der Waals surface area contributed by atoms with E-state index in [2.05, 4.69) is 4.99 Å². The predicted molar refractivity (Wildman–Crippen MR) is 49.3 cm³/mol. The van der Waals surface area contributed by atoms with Gasteiger partial charge in [-0.25, -0.2) is 0 Å². The predicted octanol–water partition coefficient (Wildman–Crippen LogP) is 1.20. The Kier molecular flexibility index (Phi) is 2.08. The maximum atomic E-state index is 10.2. The van der Waals surface area contributed by atoms with Crippen LogP contribution in [0.1, 0.15) is 11.1 Å². The van der Waals surface area contributed by atoms with Gasteiger partial charge in [0.2, 0.25) is 0 Å². The van der Waals surface area contributed by atoms with Gasteiger partial charge >= 0.3 is 0 Å². The van der Waals surface area contributed by atoms with Gasteiger partial charge in [-0.1, -0.05) is 12.1 Å². The fourth-order valence-electron chi connectivity index (χ4n) is 1.45. The van der Waals surface area contributed by atoms with Crippen LogP contribution in [-0.2, 0) is 11.2 Å². The summed E-state index contributed by atoms with van der Waals surface area (Å²) in [7, 11) is 0. The summed E-state index contributed by atoms with van der Waals surface area (Å²) in [4.78, 5) is 14.3. The summed E-state index contributed by atoms with van der Waals surface area (Å²) < 4.78 is 4.83. The lowest BCUT2D eigenvalue weighted by molar-refractivity contribution is -0.120. The van der Waals surface area contributed by atoms with Gasteiger partial charge in [0, 0.05) is 18.3 Å². The quantitative estimate of drug-likeness (QED) is 0.633. The zero-order valence-electron chi connectivity index (χ0n) is 7.06. The van der Waals surface area contributed by atoms with Crippen LogP contribution in [0.4, 0.5) is 0 Å². The Labute approximate surface area is 76.1 Å². The second-order valence-electron chi connectivity index (χ2n) is 2.83. The first-order chi connectivity index (χ1) is 6.42. The second kappa shape index (κ2) is 3.39. The van der Waals surface area contributed by atoms with Crippen molar-refractivity contribution in [2.24, 2.45) is 4.99 Å². The van der Waals surface area contributed by atoms with Crippen molar-refractivity contribution in [2.75, 3.05) is 6.54 Å². The molecule has 3 heteroatoms. The number of hydrogen-bond donors (Lipinski definition) is 0. The molecule has 1 heterocycles. The summed E-state index contributed by atoms with van der Waals surface area (Å²) in [5.41, 5.74) is 2.12. The van der Waals surface area contributed by atoms with Crippen LogP contribution >= 0.6 is 0 Å². The Morgan fingerprint density at radius 1 is 1.46 bits per heavy atom. The maximum Gasteiger partial charge on any atom is 0.298 e. The molecule has 1 aromatic rings. The van der Waals surface area contributed by atoms with Crippen molar-refractivity contribution in [2.45, 2.75) is 6.42 Å². The molecular weight excluding hydrogens is 166 g/mol. The van der Waals surface area contributed by atoms with Gasteiger partial charge < -0.3 is 4.74 Å². The molecule has 0 amide bonds. The molecule has 13 heavy (non-hydrogen) atoms. The number of ether oxygens (including phenoxy) is 1. The Morgan fingerprint density at radius 3 is 3.23 bits per heavy atom. The monoisotopic (exact) mass is 175 g/mol. The summed E-state index contributed by atoms with van der Waals surface area (Å²) in [6.45, 7) is 1.26. The van der Waals surface area contributed by atoms with E-state index in [-0.39, 0.29) is 0 Å². The molecule has 1 aliphatic heterocycles. The van der Waals surface area contributed by atoms with Crippen molar-refractivity contribution in [3.8, 4) is 5.75 Å². The molecule has 2 rings (SSSR count). The van der Waals surface area contributed by atoms with Crippen LogP contribution in [0.2, 0.25) is 0 Å². The number of hydrogen-bond acceptors (Lipinski definition) is 3. The van der Waals surface area contributed by atoms with Crippen molar-refractivity contribution in [3.63, 3.8) is 0 Å². The fourth-order valence-corrected chi connectivity index (χ4v) is 1.45. The van der Waals surface area contributed by atoms with E-state index in [9.17, 15) is 4.79 Å². The largest absolute Gasteiger partial charge is 0.428 e. The molecule has 0 bridgehead atoms. The van der Waals surface area contributed by atoms with Crippen LogP contribution in [0.5, 0.6) is 5.75 Å². The van der Waals surface area contributed by atoms with Gasteiger partial charge in [-0.15, -0.1) is 0 Å². The Bertz CT molecular complexity index is 358. The number of aliphatic imine (C=N–C) groups is 1. The maximum absolute atomic E-state index is 10.2. The first-order valence-corrected chi connectivity index (χ1v) is 4.14. The third-order valence-electron chi connectivity index (χ3n) is 2.06. The van der Waals surface area contributed by atoms with Gasteiger partial charge in [-0.2, -0.15) is 0 Å². The molecule has 0 saturated carbocycles. The topological polar surface area (TPSA) is 38.7 Å². The highest BCUT2D eigenvalue weighted by molar-refractivity contribution is 5.87. The number of fused-ring (bicyclic) bond motifs is 1. The standard InChI is InChI=1S/C10H9NO2/c12-7-13-10-3-1-2-8-4-5-11-6-9(8)10/h1-3,6-7H,4-5H2. The van der Waals surface area contributed by atoms with Crippen LogP contribution in [0.3, 0.4) is 0 Å². The molecule has 1 aliphatic rings. The van der Waals surface area contributed by atoms with E-state index in [1.54, 1.807) is 12.3 Å². The van der Waals surface area contributed by atoms with Crippen molar-refractivity contribution < 1.29 is 9.53 Å². The zero-order chi connectivity index (χ0) is 9.10. The van der Waals surface area contributed by atoms with Crippen molar-refractivity contribution in [3.05, 3.63) is 29.3 Å². The number of nitrogens with zero attached hydrogens (tertiary/aromatic N) is 1. The molecule has 1 aromatic carbocycles. The highest BCUT2D eigenvalue weighted by Crippen LogP contribution is 2.22. The zero-order valence-corrected chi connectivity index (χ0v) is 7.06. The lowest BCUT2D eigenvalue weighted by Gasteiger charge is -2.11. The van der Waals surface area contributed by atoms with Crippen molar-refractivity contribution in [1.82, 2.24) is 0 Å². The van der Waals surface area contributed by atoms with Crippen LogP contribution in [0.15, 0.2) is 23.2 Å². The molecule has 0 N–H and O–H groups in total. The van der Waals surface area contributed by atoms with Gasteiger partial charge in [-0.05, 0) is 18.1 Å². The molecule has 3 nitrogen and oxygen atoms in total. The van der Waals surface area contributed by atoms with Crippen molar-refractivity contribution in [1.29, 1.82) is 0 Å². The Balaban J connectivity index is 2.47. The van der Waals surface area contributed by atoms with Crippen molar-refractivity contribution >= 4 is 12.7 Å². The Morgan fingerprint density at radius 2 is 2.38 bits per heavy atom. The Hall–Kier alpha value is -1.64. The molecule has 0 atom stereocenters. The van der Waals surface area contributed by atoms with E-state index in [1.165, 1.54) is 5.56 Å². The van der Waals surface area contributed by atoms with E-state index in [0.717, 1.165) is 18.5 Å². The molecule has 0 unspecified atom stereocenters. The second-order valence-corrected chi connectivity index (χ2v) is 2.83. The number of carbonyl (C=O) groups excluding carboxylic acids is 1. The van der Waals surface area contributed by atoms with Gasteiger partial charge in [-0.3, -0.25) is 9.79 Å². The van der Waals surface area contributed by atoms with Gasteiger partial charge in [0.05, 0.1) is 0 Å². The van der Waals surface area contributed by atoms with Crippen LogP contribution < -0.4 is 4.74 Å². The number of carbonyl (C=O) groups is 1. The van der Waals surface area contributed by atoms with Gasteiger partial charge in [0.25, 0.3) is 6.47 Å². The lowest BCUT2D eigenvalue weighted by Crippen LogP contribution is -2.05. The summed E-state index contributed by atoms with van der Waals surface area (Å²) in [6.07, 6.45) is 2.68. The minimum Gasteiger partial charge on any atom is -0.428 e. The highest BCUT2D eigenvalue weighted by atomic mass is 16.5. The summed E-state index contributed by atoms with van der Waals surface area (Å²) in [6, 6.07) is 5.68. The van der Waals surface area contributed by atoms with Crippen LogP contribution in [0.25, 0.3) is 0 Å². The number of benzene rings is 1. The van der Waals surface area contributed by atoms with E-state index in [1.807, 2.05) is 12.1 Å². The first-order valence-electron chi connectivity index (χ1n) is 4.14. The molecule has 0 radical (unpaired) electrons. The number of rotatable bonds is 2. The van der Waals surface area contributed by atoms with E-state index in [4.69, 9.17) is 4.74 Å². The SMILES string of the molecule is O=COc1cccc2c1C=NCC2. The molecule has 0 aromatic heterocycles. The van der Waals surface area contributed by atoms with E-state index < -0.39 is 0 Å². The van der Waals surface area contributed by atoms with E-state index >= 15 is 0 Å². The third-order valence-corrected chi connectivity index (χ3v) is 2.06. The van der Waals surface area contributed by atoms with Gasteiger partial charge in [0.1, 0.15) is 5.75 Å². The summed E-state index contributed by atoms with van der Waals surface area (Å²) in [5.74, 6) is 0.593. The smallest absolute Gasteiger partial charge is 0.298 e. The van der Waals surface area contributed by atoms with Crippen LogP contribution in [0, 0.1) is 0 Å². The molecule has 0 saturated heterocycles.